The van der Waals surface area contributed by atoms with Crippen LogP contribution < -0.4 is 37.5 Å². The molecule has 1 fully saturated rings. The number of rotatable bonds is 21. The molecule has 1 amide bonds. The number of amides is 1. The van der Waals surface area contributed by atoms with Gasteiger partial charge in [-0.3, -0.25) is 19.7 Å². The van der Waals surface area contributed by atoms with Crippen LogP contribution in [0, 0.1) is 0 Å². The maximum atomic E-state index is 13.1. The van der Waals surface area contributed by atoms with Gasteiger partial charge in [0.2, 0.25) is 35.1 Å². The predicted octanol–water partition coefficient (Wildman–Crippen LogP) is 18.3. The highest BCUT2D eigenvalue weighted by molar-refractivity contribution is 5.92. The smallest absolute Gasteiger partial charge is 0.280 e. The van der Waals surface area contributed by atoms with Crippen molar-refractivity contribution < 1.29 is 44.7 Å². The Hall–Kier alpha value is -16.8. The van der Waals surface area contributed by atoms with Gasteiger partial charge in [-0.05, 0) is 193 Å². The number of benzene rings is 1. The third kappa shape index (κ3) is 21.5. The van der Waals surface area contributed by atoms with E-state index < -0.39 is 25.7 Å². The van der Waals surface area contributed by atoms with Gasteiger partial charge >= 0.3 is 0 Å². The van der Waals surface area contributed by atoms with Crippen LogP contribution in [0.4, 0.5) is 98.6 Å². The first-order chi connectivity index (χ1) is 59.8. The van der Waals surface area contributed by atoms with Gasteiger partial charge in [-0.15, -0.1) is 20.4 Å². The summed E-state index contributed by atoms with van der Waals surface area (Å²) in [5.74, 6) is 4.28. The molecule has 1 aliphatic heterocycles. The Labute approximate surface area is 688 Å². The van der Waals surface area contributed by atoms with E-state index in [1.807, 2.05) is 42.5 Å². The number of hydrogen-bond donors (Lipinski definition) is 6. The molecule has 43 heteroatoms. The summed E-state index contributed by atoms with van der Waals surface area (Å²) in [5, 5.41) is 36.4. The number of anilines is 9. The number of ether oxygens (including phenoxy) is 1. The Morgan fingerprint density at radius 1 is 0.423 bits per heavy atom. The van der Waals surface area contributed by atoms with Crippen molar-refractivity contribution in [2.24, 2.45) is 10.2 Å². The Bertz CT molecular complexity index is 6660. The van der Waals surface area contributed by atoms with Crippen molar-refractivity contribution in [3.63, 3.8) is 0 Å². The van der Waals surface area contributed by atoms with Gasteiger partial charge in [0.1, 0.15) is 96.6 Å². The lowest BCUT2D eigenvalue weighted by Gasteiger charge is -2.14. The van der Waals surface area contributed by atoms with Crippen molar-refractivity contribution in [2.45, 2.75) is 38.5 Å². The maximum Gasteiger partial charge on any atom is 0.280 e. The zero-order valence-corrected chi connectivity index (χ0v) is 63.6. The highest BCUT2D eigenvalue weighted by Gasteiger charge is 2.22. The summed E-state index contributed by atoms with van der Waals surface area (Å²) in [4.78, 5) is 69.2. The fourth-order valence-electron chi connectivity index (χ4n) is 11.9. The summed E-state index contributed by atoms with van der Waals surface area (Å²) in [5.41, 5.74) is 32.4. The van der Waals surface area contributed by atoms with Crippen molar-refractivity contribution in [3.8, 4) is 57.7 Å². The second kappa shape index (κ2) is 39.0. The maximum absolute atomic E-state index is 13.1. The molecule has 0 radical (unpaired) electrons. The minimum absolute atomic E-state index is 0.116. The summed E-state index contributed by atoms with van der Waals surface area (Å²) in [6.07, 6.45) is 4.56. The van der Waals surface area contributed by atoms with Crippen LogP contribution in [0.3, 0.4) is 0 Å². The van der Waals surface area contributed by atoms with Crippen LogP contribution in [0.25, 0.3) is 89.0 Å². The fourth-order valence-corrected chi connectivity index (χ4v) is 11.9. The van der Waals surface area contributed by atoms with E-state index in [9.17, 15) is 39.9 Å². The minimum Gasteiger partial charge on any atom is -0.437 e. The van der Waals surface area contributed by atoms with Gasteiger partial charge in [-0.25, -0.2) is 98.0 Å². The number of nitrogens with zero attached hydrogens (tertiary/aromatic N) is 27. The van der Waals surface area contributed by atoms with Gasteiger partial charge in [0, 0.05) is 94.3 Å². The molecule has 0 bridgehead atoms. The second-order valence-electron chi connectivity index (χ2n) is 25.9. The number of nitrogen functional groups attached to an aromatic ring is 2. The molecule has 616 valence electrons. The van der Waals surface area contributed by atoms with E-state index in [1.165, 1.54) is 67.0 Å². The average Bonchev–Trinajstić information content (AvgIpc) is 1.69. The van der Waals surface area contributed by atoms with Crippen LogP contribution in [-0.4, -0.2) is 129 Å². The largest absolute Gasteiger partial charge is 0.437 e. The van der Waals surface area contributed by atoms with E-state index >= 15 is 0 Å². The second-order valence-corrected chi connectivity index (χ2v) is 25.9. The molecule has 0 aliphatic carbocycles. The summed E-state index contributed by atoms with van der Waals surface area (Å²) < 4.78 is 116. The van der Waals surface area contributed by atoms with Gasteiger partial charge in [0.15, 0.2) is 17.5 Å². The molecule has 17 aromatic rings. The number of carbonyl (C=O) groups is 1. The van der Waals surface area contributed by atoms with Crippen LogP contribution >= 0.6 is 0 Å². The normalized spacial score (nSPS) is 11.7. The van der Waals surface area contributed by atoms with Crippen molar-refractivity contribution in [2.75, 3.05) is 52.4 Å². The van der Waals surface area contributed by atoms with E-state index in [-0.39, 0.29) is 80.6 Å². The van der Waals surface area contributed by atoms with E-state index in [4.69, 9.17) is 27.3 Å². The molecule has 8 N–H and O–H groups in total. The number of azide groups is 2. The molecule has 0 spiro atoms. The van der Waals surface area contributed by atoms with Crippen molar-refractivity contribution in [1.82, 2.24) is 103 Å². The first-order valence-electron chi connectivity index (χ1n) is 36.8. The Morgan fingerprint density at radius 3 is 1.24 bits per heavy atom. The zero-order valence-electron chi connectivity index (χ0n) is 63.6. The summed E-state index contributed by atoms with van der Waals surface area (Å²) >= 11 is 0. The number of hydrogen-bond acceptors (Lipinski definition) is 26. The van der Waals surface area contributed by atoms with Crippen molar-refractivity contribution in [3.05, 3.63) is 293 Å². The van der Waals surface area contributed by atoms with Gasteiger partial charge < -0.3 is 37.5 Å². The number of pyridine rings is 8. The van der Waals surface area contributed by atoms with Gasteiger partial charge in [0.25, 0.3) is 25.7 Å². The van der Waals surface area contributed by atoms with E-state index in [0.717, 1.165) is 25.9 Å². The van der Waals surface area contributed by atoms with Gasteiger partial charge in [0.05, 0.1) is 6.54 Å². The molecular formula is C80H63F8N33O2. The van der Waals surface area contributed by atoms with Gasteiger partial charge in [-0.1, -0.05) is 42.5 Å². The van der Waals surface area contributed by atoms with Crippen molar-refractivity contribution in [1.29, 1.82) is 0 Å². The van der Waals surface area contributed by atoms with E-state index in [1.54, 1.807) is 158 Å². The fraction of sp³-hybridized carbons (Fsp3) is 0.113. The highest BCUT2D eigenvalue weighted by atomic mass is 19.3. The summed E-state index contributed by atoms with van der Waals surface area (Å²) in [6.45, 7) is 2.20. The molecular weight excluding hydrogens is 1610 g/mol. The summed E-state index contributed by atoms with van der Waals surface area (Å²) in [7, 11) is 0. The molecule has 1 saturated heterocycles. The van der Waals surface area contributed by atoms with Crippen LogP contribution in [0.5, 0.6) is 11.6 Å². The van der Waals surface area contributed by atoms with Gasteiger partial charge in [-0.2, -0.15) is 4.98 Å². The monoisotopic (exact) mass is 1670 g/mol. The third-order valence-electron chi connectivity index (χ3n) is 17.4. The lowest BCUT2D eigenvalue weighted by molar-refractivity contribution is -0.117. The molecule has 18 rings (SSSR count). The molecule has 0 saturated carbocycles. The molecule has 1 aliphatic rings. The Balaban J connectivity index is 0.000000129. The Morgan fingerprint density at radius 2 is 0.813 bits per heavy atom. The minimum atomic E-state index is -2.69. The first kappa shape index (κ1) is 82.7. The number of likely N-dealkylation sites (tertiary alicyclic amines) is 1. The number of carbonyl (C=O) groups excluding carboxylic acids is 1. The molecule has 0 unspecified atom stereocenters. The quantitative estimate of drug-likeness (QED) is 0.0168. The number of fused-ring (bicyclic) bond motifs is 4. The lowest BCUT2D eigenvalue weighted by atomic mass is 10.3. The van der Waals surface area contributed by atoms with Crippen LogP contribution in [0.1, 0.15) is 61.3 Å². The predicted molar refractivity (Wildman–Crippen MR) is 439 cm³/mol. The molecule has 17 heterocycles. The molecule has 16 aromatic heterocycles. The lowest BCUT2D eigenvalue weighted by Crippen LogP contribution is -2.31. The molecule has 0 atom stereocenters. The first-order valence-corrected chi connectivity index (χ1v) is 36.8. The van der Waals surface area contributed by atoms with Crippen LogP contribution in [0.2, 0.25) is 0 Å². The molecule has 35 nitrogen and oxygen atoms in total. The van der Waals surface area contributed by atoms with Crippen LogP contribution in [0.15, 0.2) is 260 Å². The number of para-hydroxylation sites is 1. The zero-order chi connectivity index (χ0) is 85.7. The van der Waals surface area contributed by atoms with E-state index in [0.29, 0.717) is 97.9 Å². The average molecular weight is 1670 g/mol. The number of alkyl halides is 8. The third-order valence-corrected chi connectivity index (χ3v) is 17.4. The van der Waals surface area contributed by atoms with E-state index in [2.05, 4.69) is 126 Å². The highest BCUT2D eigenvalue weighted by Crippen LogP contribution is 2.33. The number of nitrogens with one attached hydrogen (secondary N) is 4. The number of nitrogens with two attached hydrogens (primary N) is 2. The summed E-state index contributed by atoms with van der Waals surface area (Å²) in [6, 6.07) is 54.2. The Kier molecular flexibility index (Phi) is 26.2. The molecule has 123 heavy (non-hydrogen) atoms. The van der Waals surface area contributed by atoms with Crippen molar-refractivity contribution >= 4 is 91.4 Å². The SMILES string of the molecule is FC(F)c1cccc(-c2nc(Oc3ccccc3)c3cccn3n2)n1.Nc1cc(Nc2nc(-c3cccc(C(F)F)n3)nn3cccc23)ccn1.O=C(CN1CCCC1)Nc1cc(Nc2nc(-c3cccc(C(F)F)n3)nn3cccc23)ccn1.[N-]=[N+]=Nc1cc(N)ccn1.[N-]=[N+]=Nc1cc(Nc2nc(-c3cccc(C(F)F)n3)nn3cccc23)ccn1. The topological polar surface area (TPSA) is 451 Å². The van der Waals surface area contributed by atoms with Crippen LogP contribution in [-0.2, 0) is 4.79 Å². The standard InChI is InChI=1S/C23H22F2N8O.C18H12F2N4O.C17H11F2N9.C17H13F2N7.C5H5N5/c24-21(25)16-5-3-6-17(28-16)22-30-23(18-7-4-12-33(18)31-22)27-15-8-9-26-19(13-15)29-20(34)14-32-10-1-2-11-32;19-16(20)13-8-4-9-14(21-13)17-22-18(15-10-5-11-24(15)23-17)25-12-6-2-1-3-7-12;18-15(19)11-3-1-4-12(23-11)16-24-17(13-5-2-8-28(13)26-16)22-10-6-7-21-14(9-10)25-27-20;18-15(19)11-3-1-4-12(23-11)16-24-17(13-5-2-8-26(13)25-16)22-10-6-7-21-14(20)9-10;6-4-1-2-8-5(3-4)9-10-7/h3-9,12-13,21H,1-2,10-11,14H2,(H2,26,27,29,30,31,34);1-11,16H;1-9,15H,(H,21,22,24,26);1-9,15H,(H3,20,21,22,24,25);1-3H,(H2,6,8). The number of aromatic nitrogens is 20. The number of halogens is 8. The molecule has 1 aromatic carbocycles.